The van der Waals surface area contributed by atoms with E-state index in [9.17, 15) is 9.90 Å². The number of hydrogen-bond acceptors (Lipinski definition) is 14. The second kappa shape index (κ2) is 20.7. The molecule has 5 heterocycles. The van der Waals surface area contributed by atoms with Crippen molar-refractivity contribution in [2.24, 2.45) is 5.92 Å². The minimum absolute atomic E-state index is 0.0269. The van der Waals surface area contributed by atoms with Gasteiger partial charge in [-0.25, -0.2) is 19.7 Å². The molecule has 16 heteroatoms. The monoisotopic (exact) mass is 968 g/mol. The van der Waals surface area contributed by atoms with Crippen molar-refractivity contribution >= 4 is 35.5 Å². The Balaban J connectivity index is 1.24. The first-order chi connectivity index (χ1) is 35.3. The number of hydrogen-bond donors (Lipinski definition) is 1. The molecule has 10 rings (SSSR count). The fraction of sp³-hybridized carbons (Fsp3) is 0.286. The SMILES string of the molecule is COCCOC(=O)N1C(=O)[C@@]2(c3cc(C#Cc4ccc(OC)cc4)ccc31)[C@H](c1cccc(OCCO)c1)N1[C@H](c3ccccc3)[C@H](c3ccccc3)OC(=O)[C@H]1[C@@H]2C(=O)N1CCN(c2ncccn2)CC1. The Morgan fingerprint density at radius 3 is 2.10 bits per heavy atom. The number of amides is 3. The molecule has 1 spiro atoms. The van der Waals surface area contributed by atoms with E-state index < -0.39 is 59.4 Å². The molecule has 0 unspecified atom stereocenters. The number of nitrogens with zero attached hydrogens (tertiary/aromatic N) is 6. The number of rotatable bonds is 12. The average Bonchev–Trinajstić information content (AvgIpc) is 3.89. The maximum atomic E-state index is 16.6. The van der Waals surface area contributed by atoms with Crippen LogP contribution in [-0.4, -0.2) is 122 Å². The molecule has 0 bridgehead atoms. The van der Waals surface area contributed by atoms with Crippen LogP contribution in [0.4, 0.5) is 16.4 Å². The molecule has 4 aliphatic heterocycles. The number of cyclic esters (lactones) is 1. The fourth-order valence-electron chi connectivity index (χ4n) is 10.8. The molecular formula is C56H52N6O10. The van der Waals surface area contributed by atoms with Gasteiger partial charge in [0, 0.05) is 56.8 Å². The van der Waals surface area contributed by atoms with Gasteiger partial charge in [-0.3, -0.25) is 19.3 Å². The standard InChI is InChI=1S/C56H52N6O10/c1-68-33-34-71-55(67)61-45-24-21-38(18-17-37-19-22-42(69-2)23-20-37)35-44(45)56(53(61)66)46(51(64)59-27-29-60(30-28-59)54-57-25-10-26-58-54)48-52(65)72-49(40-13-7-4-8-14-40)47(39-11-5-3-6-12-39)62(48)50(56)41-15-9-16-43(36-41)70-32-31-63/h3-16,19-26,35-36,46-50,63H,27-34H2,1-2H3/t46-,47-,48-,49+,50+,56-/m1/s1. The molecule has 0 saturated carbocycles. The van der Waals surface area contributed by atoms with Crippen LogP contribution in [0.1, 0.15) is 51.6 Å². The van der Waals surface area contributed by atoms with E-state index >= 15 is 14.4 Å². The summed E-state index contributed by atoms with van der Waals surface area (Å²) >= 11 is 0. The second-order valence-electron chi connectivity index (χ2n) is 17.7. The topological polar surface area (TPSA) is 173 Å². The molecule has 366 valence electrons. The summed E-state index contributed by atoms with van der Waals surface area (Å²) < 4.78 is 29.1. The highest BCUT2D eigenvalue weighted by atomic mass is 16.6. The Labute approximate surface area is 416 Å². The Morgan fingerprint density at radius 1 is 0.722 bits per heavy atom. The zero-order valence-electron chi connectivity index (χ0n) is 39.7. The second-order valence-corrected chi connectivity index (χ2v) is 17.7. The van der Waals surface area contributed by atoms with Crippen molar-refractivity contribution < 1.29 is 48.0 Å². The zero-order chi connectivity index (χ0) is 49.8. The predicted molar refractivity (Wildman–Crippen MR) is 264 cm³/mol. The summed E-state index contributed by atoms with van der Waals surface area (Å²) in [6.45, 7) is 0.709. The molecule has 1 N–H and O–H groups in total. The molecule has 3 amide bonds. The van der Waals surface area contributed by atoms with Gasteiger partial charge < -0.3 is 38.6 Å². The van der Waals surface area contributed by atoms with E-state index in [1.807, 2.05) is 88.7 Å². The van der Waals surface area contributed by atoms with E-state index in [0.717, 1.165) is 10.5 Å². The number of anilines is 2. The lowest BCUT2D eigenvalue weighted by Gasteiger charge is -2.46. The predicted octanol–water partition coefficient (Wildman–Crippen LogP) is 6.05. The lowest BCUT2D eigenvalue weighted by atomic mass is 9.64. The zero-order valence-corrected chi connectivity index (χ0v) is 39.7. The summed E-state index contributed by atoms with van der Waals surface area (Å²) in [5, 5.41) is 9.87. The third kappa shape index (κ3) is 8.65. The van der Waals surface area contributed by atoms with Gasteiger partial charge in [-0.05, 0) is 82.9 Å². The Bertz CT molecular complexity index is 3000. The van der Waals surface area contributed by atoms with Crippen LogP contribution in [0.15, 0.2) is 146 Å². The molecule has 16 nitrogen and oxygen atoms in total. The third-order valence-electron chi connectivity index (χ3n) is 13.8. The summed E-state index contributed by atoms with van der Waals surface area (Å²) in [5.74, 6) is 4.56. The smallest absolute Gasteiger partial charge is 0.421 e. The molecule has 3 fully saturated rings. The van der Waals surface area contributed by atoms with Gasteiger partial charge in [0.15, 0.2) is 0 Å². The van der Waals surface area contributed by atoms with E-state index in [0.29, 0.717) is 58.4 Å². The Hall–Kier alpha value is -8.10. The number of benzene rings is 5. The first-order valence-electron chi connectivity index (χ1n) is 23.8. The van der Waals surface area contributed by atoms with Crippen LogP contribution in [0.5, 0.6) is 11.5 Å². The van der Waals surface area contributed by atoms with Gasteiger partial charge in [-0.15, -0.1) is 0 Å². The highest BCUT2D eigenvalue weighted by Gasteiger charge is 2.76. The molecular weight excluding hydrogens is 917 g/mol. The van der Waals surface area contributed by atoms with E-state index in [-0.39, 0.29) is 45.2 Å². The van der Waals surface area contributed by atoms with Gasteiger partial charge in [-0.2, -0.15) is 0 Å². The quantitative estimate of drug-likeness (QED) is 0.0853. The third-order valence-corrected chi connectivity index (χ3v) is 13.8. The van der Waals surface area contributed by atoms with Crippen molar-refractivity contribution in [1.29, 1.82) is 0 Å². The summed E-state index contributed by atoms with van der Waals surface area (Å²) in [7, 11) is 3.06. The van der Waals surface area contributed by atoms with Crippen LogP contribution in [0.3, 0.4) is 0 Å². The van der Waals surface area contributed by atoms with Crippen LogP contribution in [0, 0.1) is 17.8 Å². The number of aliphatic hydroxyl groups is 1. The number of fused-ring (bicyclic) bond motifs is 3. The molecule has 0 radical (unpaired) electrons. The highest BCUT2D eigenvalue weighted by molar-refractivity contribution is 6.23. The lowest BCUT2D eigenvalue weighted by Crippen LogP contribution is -2.59. The normalized spacial score (nSPS) is 22.4. The van der Waals surface area contributed by atoms with Gasteiger partial charge in [0.25, 0.3) is 0 Å². The summed E-state index contributed by atoms with van der Waals surface area (Å²) in [6, 6.07) is 36.8. The highest BCUT2D eigenvalue weighted by Crippen LogP contribution is 2.66. The van der Waals surface area contributed by atoms with E-state index in [2.05, 4.69) is 21.8 Å². The Morgan fingerprint density at radius 2 is 1.40 bits per heavy atom. The molecule has 0 aliphatic carbocycles. The van der Waals surface area contributed by atoms with Crippen molar-refractivity contribution in [3.05, 3.63) is 179 Å². The first kappa shape index (κ1) is 47.6. The van der Waals surface area contributed by atoms with Gasteiger partial charge in [0.1, 0.15) is 42.3 Å². The van der Waals surface area contributed by atoms with Gasteiger partial charge in [-0.1, -0.05) is 84.6 Å². The van der Waals surface area contributed by atoms with Crippen LogP contribution >= 0.6 is 0 Å². The van der Waals surface area contributed by atoms with Crippen LogP contribution in [0.25, 0.3) is 0 Å². The first-order valence-corrected chi connectivity index (χ1v) is 23.8. The maximum Gasteiger partial charge on any atom is 0.421 e. The van der Waals surface area contributed by atoms with Crippen LogP contribution in [0.2, 0.25) is 0 Å². The minimum atomic E-state index is -2.05. The van der Waals surface area contributed by atoms with Gasteiger partial charge >= 0.3 is 12.1 Å². The number of aromatic nitrogens is 2. The minimum Gasteiger partial charge on any atom is -0.497 e. The number of methoxy groups -OCH3 is 2. The van der Waals surface area contributed by atoms with Gasteiger partial charge in [0.05, 0.1) is 44.0 Å². The number of morpholine rings is 1. The summed E-state index contributed by atoms with van der Waals surface area (Å²) in [6.07, 6.45) is 1.41. The number of imide groups is 1. The fourth-order valence-corrected chi connectivity index (χ4v) is 10.8. The van der Waals surface area contributed by atoms with Crippen molar-refractivity contribution in [3.8, 4) is 23.3 Å². The van der Waals surface area contributed by atoms with Crippen molar-refractivity contribution in [3.63, 3.8) is 0 Å². The van der Waals surface area contributed by atoms with Crippen molar-refractivity contribution in [2.45, 2.75) is 29.6 Å². The molecule has 5 aromatic carbocycles. The molecule has 6 atom stereocenters. The van der Waals surface area contributed by atoms with E-state index in [1.54, 1.807) is 79.0 Å². The molecule has 4 aliphatic rings. The molecule has 6 aromatic rings. The van der Waals surface area contributed by atoms with Crippen molar-refractivity contribution in [2.75, 3.05) is 76.6 Å². The number of piperazine rings is 1. The van der Waals surface area contributed by atoms with Gasteiger partial charge in [0.2, 0.25) is 17.8 Å². The number of carbonyl (C=O) groups excluding carboxylic acids is 4. The maximum absolute atomic E-state index is 16.6. The van der Waals surface area contributed by atoms with Crippen molar-refractivity contribution in [1.82, 2.24) is 19.8 Å². The average molecular weight is 969 g/mol. The van der Waals surface area contributed by atoms with Crippen LogP contribution < -0.4 is 19.3 Å². The number of aliphatic hydroxyl groups excluding tert-OH is 1. The van der Waals surface area contributed by atoms with Crippen LogP contribution in [-0.2, 0) is 34.0 Å². The number of ether oxygens (including phenoxy) is 5. The largest absolute Gasteiger partial charge is 0.497 e. The number of carbonyl (C=O) groups is 4. The van der Waals surface area contributed by atoms with E-state index in [4.69, 9.17) is 23.7 Å². The number of esters is 1. The molecule has 72 heavy (non-hydrogen) atoms. The molecule has 3 saturated heterocycles. The Kier molecular flexibility index (Phi) is 13.7. The van der Waals surface area contributed by atoms with E-state index in [1.165, 1.54) is 7.11 Å². The molecule has 1 aromatic heterocycles. The summed E-state index contributed by atoms with van der Waals surface area (Å²) in [5.41, 5.74) is 1.52. The summed E-state index contributed by atoms with van der Waals surface area (Å²) in [4.78, 5) is 78.8. The lowest BCUT2D eigenvalue weighted by molar-refractivity contribution is -0.179.